The molecule has 0 aliphatic rings. The second-order valence-electron chi connectivity index (χ2n) is 6.52. The molecule has 0 unspecified atom stereocenters. The van der Waals surface area contributed by atoms with E-state index in [4.69, 9.17) is 8.83 Å². The van der Waals surface area contributed by atoms with Crippen LogP contribution < -0.4 is 5.32 Å². The van der Waals surface area contributed by atoms with Crippen molar-refractivity contribution < 1.29 is 13.6 Å². The zero-order valence-corrected chi connectivity index (χ0v) is 16.2. The predicted octanol–water partition coefficient (Wildman–Crippen LogP) is 5.03. The molecule has 0 radical (unpaired) electrons. The number of rotatable bonds is 5. The summed E-state index contributed by atoms with van der Waals surface area (Å²) in [4.78, 5) is 25.6. The van der Waals surface area contributed by atoms with E-state index in [1.54, 1.807) is 17.6 Å². The number of carbonyl (C=O) groups excluding carboxylic acids is 1. The topological polar surface area (TPSA) is 97.0 Å². The van der Waals surface area contributed by atoms with Gasteiger partial charge in [0.15, 0.2) is 11.6 Å². The Morgan fingerprint density at radius 3 is 2.93 bits per heavy atom. The number of oxazole rings is 1. The summed E-state index contributed by atoms with van der Waals surface area (Å²) in [5, 5.41) is 4.87. The number of nitrogens with zero attached hydrogens (tertiary/aromatic N) is 2. The first-order chi connectivity index (χ1) is 14.2. The normalized spacial score (nSPS) is 11.2. The Balaban J connectivity index is 1.32. The molecule has 29 heavy (non-hydrogen) atoms. The van der Waals surface area contributed by atoms with Crippen molar-refractivity contribution in [2.75, 3.05) is 5.32 Å². The number of imidazole rings is 1. The second kappa shape index (κ2) is 7.06. The van der Waals surface area contributed by atoms with Crippen LogP contribution in [-0.4, -0.2) is 20.9 Å². The summed E-state index contributed by atoms with van der Waals surface area (Å²) in [6.45, 7) is 1.82. The van der Waals surface area contributed by atoms with Crippen LogP contribution in [0.5, 0.6) is 0 Å². The van der Waals surface area contributed by atoms with E-state index in [1.165, 1.54) is 0 Å². The third kappa shape index (κ3) is 3.45. The van der Waals surface area contributed by atoms with Crippen molar-refractivity contribution in [3.8, 4) is 22.4 Å². The summed E-state index contributed by atoms with van der Waals surface area (Å²) in [6.07, 6.45) is 1.74. The average Bonchev–Trinajstić information content (AvgIpc) is 3.49. The molecule has 0 bridgehead atoms. The lowest BCUT2D eigenvalue weighted by Gasteiger charge is -2.04. The number of thiophene rings is 1. The Morgan fingerprint density at radius 1 is 1.21 bits per heavy atom. The maximum absolute atomic E-state index is 12.5. The van der Waals surface area contributed by atoms with Crippen LogP contribution >= 0.6 is 11.3 Å². The van der Waals surface area contributed by atoms with Gasteiger partial charge in [-0.25, -0.2) is 9.97 Å². The minimum absolute atomic E-state index is 0.138. The number of benzene rings is 1. The molecule has 1 amide bonds. The van der Waals surface area contributed by atoms with Crippen LogP contribution in [0, 0.1) is 6.92 Å². The van der Waals surface area contributed by atoms with E-state index in [-0.39, 0.29) is 12.3 Å². The zero-order valence-electron chi connectivity index (χ0n) is 15.4. The van der Waals surface area contributed by atoms with Crippen molar-refractivity contribution >= 4 is 34.0 Å². The van der Waals surface area contributed by atoms with Gasteiger partial charge in [-0.3, -0.25) is 4.79 Å². The average molecular weight is 404 g/mol. The van der Waals surface area contributed by atoms with Crippen LogP contribution in [0.25, 0.3) is 33.4 Å². The van der Waals surface area contributed by atoms with E-state index < -0.39 is 0 Å². The number of H-pyrrole nitrogens is 1. The maximum Gasteiger partial charge on any atom is 0.236 e. The van der Waals surface area contributed by atoms with E-state index in [2.05, 4.69) is 20.3 Å². The van der Waals surface area contributed by atoms with Gasteiger partial charge in [-0.1, -0.05) is 6.07 Å². The van der Waals surface area contributed by atoms with Crippen molar-refractivity contribution in [1.82, 2.24) is 15.0 Å². The van der Waals surface area contributed by atoms with Gasteiger partial charge in [0.2, 0.25) is 11.8 Å². The fraction of sp³-hybridized carbons (Fsp3) is 0.0952. The number of aromatic nitrogens is 3. The Labute approximate surface area is 169 Å². The van der Waals surface area contributed by atoms with Crippen molar-refractivity contribution in [3.05, 3.63) is 65.6 Å². The highest BCUT2D eigenvalue weighted by molar-refractivity contribution is 7.13. The number of anilines is 1. The fourth-order valence-corrected chi connectivity index (χ4v) is 3.72. The van der Waals surface area contributed by atoms with E-state index in [0.29, 0.717) is 34.6 Å². The Hall–Kier alpha value is -3.65. The van der Waals surface area contributed by atoms with Crippen molar-refractivity contribution in [2.45, 2.75) is 13.3 Å². The molecule has 5 aromatic rings. The monoisotopic (exact) mass is 404 g/mol. The van der Waals surface area contributed by atoms with Gasteiger partial charge >= 0.3 is 0 Å². The lowest BCUT2D eigenvalue weighted by molar-refractivity contribution is -0.115. The first-order valence-corrected chi connectivity index (χ1v) is 9.87. The van der Waals surface area contributed by atoms with Crippen LogP contribution in [0.4, 0.5) is 5.69 Å². The molecule has 1 aromatic carbocycles. The van der Waals surface area contributed by atoms with Crippen LogP contribution in [0.2, 0.25) is 0 Å². The molecular formula is C21H16N4O3S. The zero-order chi connectivity index (χ0) is 19.8. The molecule has 5 rings (SSSR count). The van der Waals surface area contributed by atoms with Gasteiger partial charge in [-0.05, 0) is 48.7 Å². The SMILES string of the molecule is Cc1oc(-c2cccs2)nc1CC(=O)Nc1ccc2nc(-c3ccco3)[nH]c2c1. The summed E-state index contributed by atoms with van der Waals surface area (Å²) in [6, 6.07) is 13.0. The molecule has 144 valence electrons. The van der Waals surface area contributed by atoms with Gasteiger partial charge < -0.3 is 19.1 Å². The van der Waals surface area contributed by atoms with Crippen LogP contribution in [0.3, 0.4) is 0 Å². The summed E-state index contributed by atoms with van der Waals surface area (Å²) < 4.78 is 11.1. The third-order valence-electron chi connectivity index (χ3n) is 4.47. The summed E-state index contributed by atoms with van der Waals surface area (Å²) in [5.41, 5.74) is 2.92. The molecule has 0 spiro atoms. The summed E-state index contributed by atoms with van der Waals surface area (Å²) in [7, 11) is 0. The standard InChI is InChI=1S/C21H16N4O3S/c1-12-15(25-21(28-12)18-5-3-9-29-18)11-19(26)22-13-6-7-14-16(10-13)24-20(23-14)17-4-2-8-27-17/h2-10H,11H2,1H3,(H,22,26)(H,23,24). The minimum atomic E-state index is -0.163. The number of amides is 1. The number of carbonyl (C=O) groups is 1. The molecule has 0 atom stereocenters. The number of aromatic amines is 1. The number of hydrogen-bond donors (Lipinski definition) is 2. The van der Waals surface area contributed by atoms with Gasteiger partial charge in [0.05, 0.1) is 34.3 Å². The lowest BCUT2D eigenvalue weighted by Crippen LogP contribution is -2.15. The molecule has 4 heterocycles. The smallest absolute Gasteiger partial charge is 0.236 e. The highest BCUT2D eigenvalue weighted by atomic mass is 32.1. The molecule has 0 aliphatic heterocycles. The van der Waals surface area contributed by atoms with Gasteiger partial charge in [-0.15, -0.1) is 11.3 Å². The fourth-order valence-electron chi connectivity index (χ4n) is 3.07. The second-order valence-corrected chi connectivity index (χ2v) is 7.47. The third-order valence-corrected chi connectivity index (χ3v) is 5.33. The molecule has 8 heteroatoms. The van der Waals surface area contributed by atoms with Gasteiger partial charge in [-0.2, -0.15) is 0 Å². The van der Waals surface area contributed by atoms with E-state index in [0.717, 1.165) is 15.9 Å². The van der Waals surface area contributed by atoms with Crippen molar-refractivity contribution in [1.29, 1.82) is 0 Å². The van der Waals surface area contributed by atoms with Crippen LogP contribution in [0.1, 0.15) is 11.5 Å². The molecular weight excluding hydrogens is 388 g/mol. The Bertz CT molecular complexity index is 1280. The van der Waals surface area contributed by atoms with Crippen molar-refractivity contribution in [3.63, 3.8) is 0 Å². The Kier molecular flexibility index (Phi) is 4.25. The molecule has 0 saturated heterocycles. The quantitative estimate of drug-likeness (QED) is 0.428. The van der Waals surface area contributed by atoms with E-state index >= 15 is 0 Å². The molecule has 2 N–H and O–H groups in total. The maximum atomic E-state index is 12.5. The first kappa shape index (κ1) is 17.4. The van der Waals surface area contributed by atoms with Crippen LogP contribution in [-0.2, 0) is 11.2 Å². The summed E-state index contributed by atoms with van der Waals surface area (Å²) in [5.74, 6) is 2.34. The highest BCUT2D eigenvalue weighted by Crippen LogP contribution is 2.27. The van der Waals surface area contributed by atoms with Gasteiger partial charge in [0.25, 0.3) is 0 Å². The number of hydrogen-bond acceptors (Lipinski definition) is 6. The van der Waals surface area contributed by atoms with Gasteiger partial charge in [0, 0.05) is 5.69 Å². The number of furan rings is 1. The number of aryl methyl sites for hydroxylation is 1. The molecule has 4 aromatic heterocycles. The first-order valence-electron chi connectivity index (χ1n) is 8.99. The molecule has 0 aliphatic carbocycles. The number of fused-ring (bicyclic) bond motifs is 1. The minimum Gasteiger partial charge on any atom is -0.461 e. The van der Waals surface area contributed by atoms with Crippen molar-refractivity contribution in [2.24, 2.45) is 0 Å². The summed E-state index contributed by atoms with van der Waals surface area (Å²) >= 11 is 1.55. The Morgan fingerprint density at radius 2 is 2.14 bits per heavy atom. The molecule has 0 fully saturated rings. The number of nitrogens with one attached hydrogen (secondary N) is 2. The largest absolute Gasteiger partial charge is 0.461 e. The molecule has 7 nitrogen and oxygen atoms in total. The molecule has 0 saturated carbocycles. The highest BCUT2D eigenvalue weighted by Gasteiger charge is 2.16. The lowest BCUT2D eigenvalue weighted by atomic mass is 10.2. The predicted molar refractivity (Wildman–Crippen MR) is 111 cm³/mol. The van der Waals surface area contributed by atoms with Gasteiger partial charge in [0.1, 0.15) is 5.76 Å². The van der Waals surface area contributed by atoms with E-state index in [9.17, 15) is 4.79 Å². The van der Waals surface area contributed by atoms with E-state index in [1.807, 2.05) is 54.8 Å². The van der Waals surface area contributed by atoms with Crippen LogP contribution in [0.15, 0.2) is 62.9 Å².